The molecule has 9 heteroatoms. The molecule has 7 nitrogen and oxygen atoms in total. The van der Waals surface area contributed by atoms with Crippen LogP contribution in [0.15, 0.2) is 53.4 Å². The van der Waals surface area contributed by atoms with Gasteiger partial charge < -0.3 is 9.98 Å². The first-order chi connectivity index (χ1) is 15.8. The van der Waals surface area contributed by atoms with E-state index in [1.807, 2.05) is 25.3 Å². The molecule has 3 rings (SSSR count). The molecule has 1 atom stereocenters. The first-order valence-corrected chi connectivity index (χ1v) is 13.0. The van der Waals surface area contributed by atoms with Crippen molar-refractivity contribution in [1.82, 2.24) is 14.8 Å². The fourth-order valence-corrected chi connectivity index (χ4v) is 5.50. The maximum atomic E-state index is 13.7. The molecule has 0 saturated heterocycles. The molecule has 1 N–H and O–H groups in total. The van der Waals surface area contributed by atoms with E-state index in [9.17, 15) is 8.42 Å². The third kappa shape index (κ3) is 5.28. The molecule has 2 aromatic carbocycles. The average molecular weight is 488 g/mol. The summed E-state index contributed by atoms with van der Waals surface area (Å²) >= 11 is 6.38. The first kappa shape index (κ1) is 24.9. The predicted octanol–water partition coefficient (Wildman–Crippen LogP) is 5.76. The van der Waals surface area contributed by atoms with Crippen molar-refractivity contribution in [2.45, 2.75) is 57.4 Å². The molecule has 0 bridgehead atoms. The molecule has 0 radical (unpaired) electrons. The maximum absolute atomic E-state index is 13.7. The highest BCUT2D eigenvalue weighted by molar-refractivity contribution is 7.92. The van der Waals surface area contributed by atoms with E-state index in [4.69, 9.17) is 17.0 Å². The molecule has 0 aliphatic heterocycles. The molecular weight excluding hydrogens is 458 g/mol. The highest BCUT2D eigenvalue weighted by atomic mass is 35.5. The van der Waals surface area contributed by atoms with E-state index in [0.29, 0.717) is 47.9 Å². The van der Waals surface area contributed by atoms with Gasteiger partial charge in [0.2, 0.25) is 0 Å². The summed E-state index contributed by atoms with van der Waals surface area (Å²) in [4.78, 5) is 0.231. The number of rotatable bonds is 11. The van der Waals surface area contributed by atoms with Gasteiger partial charge in [-0.05, 0) is 49.9 Å². The van der Waals surface area contributed by atoms with Crippen molar-refractivity contribution in [3.8, 4) is 11.4 Å². The number of hydrogen-bond donors (Lipinski definition) is 1. The Hall–Kier alpha value is -2.71. The van der Waals surface area contributed by atoms with Gasteiger partial charge in [0.25, 0.3) is 10.0 Å². The van der Waals surface area contributed by atoms with Gasteiger partial charge in [-0.1, -0.05) is 50.1 Å². The number of unbranched alkanes of at least 4 members (excludes halogenated alkanes) is 1. The normalized spacial score (nSPS) is 12.5. The molecule has 1 heterocycles. The van der Waals surface area contributed by atoms with Crippen molar-refractivity contribution >= 4 is 33.5 Å². The number of nitrogens with one attached hydrogen (secondary N) is 1. The summed E-state index contributed by atoms with van der Waals surface area (Å²) in [5.41, 5.74) is 1.11. The van der Waals surface area contributed by atoms with Crippen LogP contribution < -0.4 is 4.31 Å². The fourth-order valence-electron chi connectivity index (χ4n) is 3.78. The fraction of sp³-hybridized carbons (Fsp3) is 0.375. The highest BCUT2D eigenvalue weighted by Crippen LogP contribution is 2.37. The number of anilines is 1. The molecule has 0 aliphatic rings. The summed E-state index contributed by atoms with van der Waals surface area (Å²) in [6, 6.07) is 13.6. The Morgan fingerprint density at radius 3 is 2.52 bits per heavy atom. The van der Waals surface area contributed by atoms with Crippen LogP contribution >= 0.6 is 11.6 Å². The molecule has 0 aliphatic carbocycles. The lowest BCUT2D eigenvalue weighted by atomic mass is 10.1. The standard InChI is InChI=1S/C24H30ClN5O2S/c1-4-6-16-29(33(31,32)20-10-8-7-9-11-20)22-13-12-19(25)17-21(22)24-28-27-23(5-2)30(24)18(3)14-15-26/h7-13,15,17-18,26H,4-6,14,16H2,1-3H3. The number of benzene rings is 2. The largest absolute Gasteiger partial charge is 0.313 e. The topological polar surface area (TPSA) is 91.9 Å². The monoisotopic (exact) mass is 487 g/mol. The second kappa shape index (κ2) is 10.9. The van der Waals surface area contributed by atoms with Crippen LogP contribution in [0.1, 0.15) is 51.9 Å². The number of sulfonamides is 1. The number of aryl methyl sites for hydroxylation is 1. The molecule has 3 aromatic rings. The predicted molar refractivity (Wildman–Crippen MR) is 134 cm³/mol. The number of nitrogens with zero attached hydrogens (tertiary/aromatic N) is 4. The van der Waals surface area contributed by atoms with Gasteiger partial charge in [-0.25, -0.2) is 8.42 Å². The van der Waals surface area contributed by atoms with Crippen LogP contribution in [0.2, 0.25) is 5.02 Å². The lowest BCUT2D eigenvalue weighted by molar-refractivity contribution is 0.550. The van der Waals surface area contributed by atoms with Crippen LogP contribution in [0.25, 0.3) is 11.4 Å². The van der Waals surface area contributed by atoms with E-state index in [1.54, 1.807) is 48.5 Å². The second-order valence-corrected chi connectivity index (χ2v) is 10.2. The Balaban J connectivity index is 2.25. The third-order valence-corrected chi connectivity index (χ3v) is 7.56. The molecule has 1 unspecified atom stereocenters. The third-order valence-electron chi connectivity index (χ3n) is 5.50. The van der Waals surface area contributed by atoms with E-state index in [0.717, 1.165) is 12.2 Å². The Labute approximate surface area is 201 Å². The minimum atomic E-state index is -3.82. The number of halogens is 1. The number of hydrogen-bond acceptors (Lipinski definition) is 5. The molecular formula is C24H30ClN5O2S. The summed E-state index contributed by atoms with van der Waals surface area (Å²) in [6.45, 7) is 6.34. The summed E-state index contributed by atoms with van der Waals surface area (Å²) in [7, 11) is -3.82. The van der Waals surface area contributed by atoms with Crippen LogP contribution in [0.3, 0.4) is 0 Å². The maximum Gasteiger partial charge on any atom is 0.264 e. The molecule has 0 fully saturated rings. The van der Waals surface area contributed by atoms with Crippen LogP contribution in [0.4, 0.5) is 5.69 Å². The smallest absolute Gasteiger partial charge is 0.264 e. The lowest BCUT2D eigenvalue weighted by Crippen LogP contribution is -2.32. The zero-order valence-electron chi connectivity index (χ0n) is 19.2. The van der Waals surface area contributed by atoms with Gasteiger partial charge >= 0.3 is 0 Å². The van der Waals surface area contributed by atoms with Crippen molar-refractivity contribution in [1.29, 1.82) is 5.41 Å². The minimum Gasteiger partial charge on any atom is -0.313 e. The first-order valence-electron chi connectivity index (χ1n) is 11.2. The summed E-state index contributed by atoms with van der Waals surface area (Å²) in [6.07, 6.45) is 4.07. The molecule has 0 amide bonds. The van der Waals surface area contributed by atoms with Crippen LogP contribution in [0.5, 0.6) is 0 Å². The van der Waals surface area contributed by atoms with Crippen LogP contribution in [0, 0.1) is 5.41 Å². The van der Waals surface area contributed by atoms with E-state index >= 15 is 0 Å². The van der Waals surface area contributed by atoms with Crippen LogP contribution in [-0.4, -0.2) is 35.9 Å². The van der Waals surface area contributed by atoms with Crippen molar-refractivity contribution in [2.75, 3.05) is 10.8 Å². The molecule has 33 heavy (non-hydrogen) atoms. The van der Waals surface area contributed by atoms with Gasteiger partial charge in [0.05, 0.1) is 10.6 Å². The zero-order chi connectivity index (χ0) is 24.0. The van der Waals surface area contributed by atoms with Crippen molar-refractivity contribution in [2.24, 2.45) is 0 Å². The van der Waals surface area contributed by atoms with Gasteiger partial charge in [0.15, 0.2) is 5.82 Å². The van der Waals surface area contributed by atoms with Crippen molar-refractivity contribution in [3.05, 3.63) is 59.4 Å². The Morgan fingerprint density at radius 1 is 1.15 bits per heavy atom. The van der Waals surface area contributed by atoms with Gasteiger partial charge in [-0.3, -0.25) is 4.31 Å². The van der Waals surface area contributed by atoms with Gasteiger partial charge in [0.1, 0.15) is 5.82 Å². The Kier molecular flexibility index (Phi) is 8.26. The van der Waals surface area contributed by atoms with E-state index in [-0.39, 0.29) is 10.9 Å². The van der Waals surface area contributed by atoms with Crippen molar-refractivity contribution < 1.29 is 8.42 Å². The Bertz CT molecular complexity index is 1190. The Morgan fingerprint density at radius 2 is 1.88 bits per heavy atom. The van der Waals surface area contributed by atoms with E-state index < -0.39 is 10.0 Å². The average Bonchev–Trinajstić information content (AvgIpc) is 3.25. The SMILES string of the molecule is CCCCN(c1ccc(Cl)cc1-c1nnc(CC)n1C(C)CC=N)S(=O)(=O)c1ccccc1. The molecule has 1 aromatic heterocycles. The van der Waals surface area contributed by atoms with Crippen LogP contribution in [-0.2, 0) is 16.4 Å². The van der Waals surface area contributed by atoms with Gasteiger partial charge in [0, 0.05) is 36.0 Å². The summed E-state index contributed by atoms with van der Waals surface area (Å²) in [5.74, 6) is 1.32. The minimum absolute atomic E-state index is 0.0656. The summed E-state index contributed by atoms with van der Waals surface area (Å²) in [5, 5.41) is 16.8. The molecule has 0 saturated carbocycles. The van der Waals surface area contributed by atoms with E-state index in [2.05, 4.69) is 10.2 Å². The summed E-state index contributed by atoms with van der Waals surface area (Å²) < 4.78 is 30.8. The van der Waals surface area contributed by atoms with E-state index in [1.165, 1.54) is 10.5 Å². The number of aromatic nitrogens is 3. The second-order valence-electron chi connectivity index (χ2n) is 7.86. The van der Waals surface area contributed by atoms with Crippen molar-refractivity contribution in [3.63, 3.8) is 0 Å². The molecule has 176 valence electrons. The van der Waals surface area contributed by atoms with Gasteiger partial charge in [-0.15, -0.1) is 10.2 Å². The highest BCUT2D eigenvalue weighted by Gasteiger charge is 2.29. The van der Waals surface area contributed by atoms with Gasteiger partial charge in [-0.2, -0.15) is 0 Å². The molecule has 0 spiro atoms. The quantitative estimate of drug-likeness (QED) is 0.348. The zero-order valence-corrected chi connectivity index (χ0v) is 20.8. The lowest BCUT2D eigenvalue weighted by Gasteiger charge is -2.27.